The van der Waals surface area contributed by atoms with Gasteiger partial charge in [-0.2, -0.15) is 0 Å². The molecular weight excluding hydrogens is 262 g/mol. The summed E-state index contributed by atoms with van der Waals surface area (Å²) in [5, 5.41) is 0. The number of rotatable bonds is 5. The van der Waals surface area contributed by atoms with Crippen LogP contribution in [0.15, 0.2) is 0 Å². The fourth-order valence-corrected chi connectivity index (χ4v) is 2.97. The number of nitrogens with zero attached hydrogens (tertiary/aromatic N) is 2. The summed E-state index contributed by atoms with van der Waals surface area (Å²) in [5.74, 6) is -0.297. The number of likely N-dealkylation sites (tertiary alicyclic amines) is 1. The number of morpholine rings is 1. The minimum atomic E-state index is -0.317. The van der Waals surface area contributed by atoms with Crippen molar-refractivity contribution >= 4 is 11.8 Å². The molecule has 2 saturated heterocycles. The molecule has 2 amide bonds. The molecule has 2 aliphatic heterocycles. The van der Waals surface area contributed by atoms with Crippen LogP contribution in [0.25, 0.3) is 0 Å². The summed E-state index contributed by atoms with van der Waals surface area (Å²) < 4.78 is 10.7. The molecule has 0 aromatic carbocycles. The second-order valence-electron chi connectivity index (χ2n) is 5.32. The average Bonchev–Trinajstić information content (AvgIpc) is 2.60. The second-order valence-corrected chi connectivity index (χ2v) is 5.32. The highest BCUT2D eigenvalue weighted by atomic mass is 16.5. The molecule has 2 heterocycles. The second kappa shape index (κ2) is 7.01. The Kier molecular flexibility index (Phi) is 5.33. The van der Waals surface area contributed by atoms with Crippen molar-refractivity contribution in [2.75, 3.05) is 46.5 Å². The third-order valence-corrected chi connectivity index (χ3v) is 3.96. The molecule has 0 spiro atoms. The molecule has 2 N–H and O–H groups in total. The number of fused-ring (bicyclic) bond motifs is 1. The fraction of sp³-hybridized carbons (Fsp3) is 0.846. The molecule has 114 valence electrons. The molecule has 0 unspecified atom stereocenters. The van der Waals surface area contributed by atoms with Crippen molar-refractivity contribution in [3.8, 4) is 0 Å². The first kappa shape index (κ1) is 15.2. The predicted octanol–water partition coefficient (Wildman–Crippen LogP) is -1.19. The minimum Gasteiger partial charge on any atom is -0.383 e. The summed E-state index contributed by atoms with van der Waals surface area (Å²) >= 11 is 0. The van der Waals surface area contributed by atoms with Gasteiger partial charge in [-0.15, -0.1) is 0 Å². The molecule has 0 aromatic rings. The molecular formula is C13H23N3O4. The van der Waals surface area contributed by atoms with Crippen LogP contribution in [-0.2, 0) is 19.1 Å². The molecule has 2 fully saturated rings. The quantitative estimate of drug-likeness (QED) is 0.686. The minimum absolute atomic E-state index is 0.0200. The molecule has 0 aliphatic carbocycles. The molecule has 2 atom stereocenters. The van der Waals surface area contributed by atoms with Gasteiger partial charge in [0.2, 0.25) is 11.8 Å². The van der Waals surface area contributed by atoms with E-state index >= 15 is 0 Å². The summed E-state index contributed by atoms with van der Waals surface area (Å²) in [4.78, 5) is 26.9. The fourth-order valence-electron chi connectivity index (χ4n) is 2.97. The normalized spacial score (nSPS) is 28.1. The number of primary amides is 1. The zero-order valence-electron chi connectivity index (χ0n) is 11.9. The van der Waals surface area contributed by atoms with E-state index in [0.29, 0.717) is 13.2 Å². The first-order chi connectivity index (χ1) is 9.61. The van der Waals surface area contributed by atoms with E-state index in [1.807, 2.05) is 9.80 Å². The van der Waals surface area contributed by atoms with Gasteiger partial charge in [0.1, 0.15) is 6.61 Å². The van der Waals surface area contributed by atoms with Gasteiger partial charge >= 0.3 is 0 Å². The number of hydrogen-bond donors (Lipinski definition) is 1. The predicted molar refractivity (Wildman–Crippen MR) is 72.0 cm³/mol. The molecule has 7 heteroatoms. The Hall–Kier alpha value is -1.18. The van der Waals surface area contributed by atoms with Crippen LogP contribution in [0.4, 0.5) is 0 Å². The van der Waals surface area contributed by atoms with Crippen molar-refractivity contribution in [3.63, 3.8) is 0 Å². The molecule has 20 heavy (non-hydrogen) atoms. The van der Waals surface area contributed by atoms with E-state index in [-0.39, 0.29) is 37.1 Å². The van der Waals surface area contributed by atoms with E-state index in [1.165, 1.54) is 0 Å². The highest BCUT2D eigenvalue weighted by molar-refractivity contribution is 5.78. The van der Waals surface area contributed by atoms with Gasteiger partial charge in [-0.1, -0.05) is 0 Å². The van der Waals surface area contributed by atoms with Crippen LogP contribution in [0.3, 0.4) is 0 Å². The summed E-state index contributed by atoms with van der Waals surface area (Å²) in [6.07, 6.45) is 1.66. The molecule has 0 radical (unpaired) electrons. The van der Waals surface area contributed by atoms with Crippen LogP contribution in [-0.4, -0.2) is 80.3 Å². The zero-order valence-corrected chi connectivity index (χ0v) is 11.9. The third-order valence-electron chi connectivity index (χ3n) is 3.96. The number of carbonyl (C=O) groups is 2. The lowest BCUT2D eigenvalue weighted by Gasteiger charge is -2.40. The lowest BCUT2D eigenvalue weighted by atomic mass is 10.0. The van der Waals surface area contributed by atoms with Crippen molar-refractivity contribution in [2.24, 2.45) is 5.73 Å². The van der Waals surface area contributed by atoms with Crippen LogP contribution in [0.2, 0.25) is 0 Å². The van der Waals surface area contributed by atoms with Gasteiger partial charge in [-0.05, 0) is 12.8 Å². The topological polar surface area (TPSA) is 85.1 Å². The molecule has 0 bridgehead atoms. The maximum atomic E-state index is 12.0. The lowest BCUT2D eigenvalue weighted by molar-refractivity contribution is -0.158. The van der Waals surface area contributed by atoms with Crippen LogP contribution in [0, 0.1) is 0 Å². The van der Waals surface area contributed by atoms with Gasteiger partial charge in [0.25, 0.3) is 0 Å². The summed E-state index contributed by atoms with van der Waals surface area (Å²) in [7, 11) is 1.63. The Morgan fingerprint density at radius 2 is 2.20 bits per heavy atom. The first-order valence-corrected chi connectivity index (χ1v) is 7.02. The van der Waals surface area contributed by atoms with Crippen molar-refractivity contribution in [2.45, 2.75) is 25.0 Å². The van der Waals surface area contributed by atoms with Crippen LogP contribution in [0.5, 0.6) is 0 Å². The van der Waals surface area contributed by atoms with Crippen LogP contribution < -0.4 is 5.73 Å². The number of methoxy groups -OCH3 is 1. The largest absolute Gasteiger partial charge is 0.383 e. The monoisotopic (exact) mass is 285 g/mol. The third kappa shape index (κ3) is 3.68. The summed E-state index contributed by atoms with van der Waals surface area (Å²) in [5.41, 5.74) is 5.24. The first-order valence-electron chi connectivity index (χ1n) is 7.02. The molecule has 2 rings (SSSR count). The Labute approximate surface area is 119 Å². The number of carbonyl (C=O) groups excluding carboxylic acids is 2. The van der Waals surface area contributed by atoms with Gasteiger partial charge in [0, 0.05) is 26.7 Å². The average molecular weight is 285 g/mol. The van der Waals surface area contributed by atoms with Crippen LogP contribution >= 0.6 is 0 Å². The van der Waals surface area contributed by atoms with E-state index in [1.54, 1.807) is 7.11 Å². The zero-order chi connectivity index (χ0) is 14.5. The number of nitrogens with two attached hydrogens (primary N) is 1. The Morgan fingerprint density at radius 1 is 1.45 bits per heavy atom. The highest BCUT2D eigenvalue weighted by Crippen LogP contribution is 2.24. The van der Waals surface area contributed by atoms with Crippen molar-refractivity contribution in [1.82, 2.24) is 9.80 Å². The van der Waals surface area contributed by atoms with Gasteiger partial charge < -0.3 is 20.1 Å². The maximum absolute atomic E-state index is 12.0. The van der Waals surface area contributed by atoms with E-state index in [2.05, 4.69) is 0 Å². The van der Waals surface area contributed by atoms with Crippen molar-refractivity contribution in [3.05, 3.63) is 0 Å². The van der Waals surface area contributed by atoms with Crippen molar-refractivity contribution in [1.29, 1.82) is 0 Å². The van der Waals surface area contributed by atoms with Gasteiger partial charge in [-0.25, -0.2) is 0 Å². The van der Waals surface area contributed by atoms with E-state index in [9.17, 15) is 9.59 Å². The Balaban J connectivity index is 1.99. The number of ether oxygens (including phenoxy) is 2. The Morgan fingerprint density at radius 3 is 2.90 bits per heavy atom. The highest BCUT2D eigenvalue weighted by Gasteiger charge is 2.38. The standard InChI is InChI=1S/C13H23N3O4/c1-19-7-6-16-10-2-4-15(8-12(14)17)5-3-11(10)20-9-13(16)18/h10-11H,2-9H2,1H3,(H2,14,17)/t10-,11-/m0/s1. The molecule has 2 aliphatic rings. The smallest absolute Gasteiger partial charge is 0.249 e. The Bertz CT molecular complexity index is 364. The lowest BCUT2D eigenvalue weighted by Crippen LogP contribution is -2.55. The van der Waals surface area contributed by atoms with E-state index in [0.717, 1.165) is 25.9 Å². The van der Waals surface area contributed by atoms with Crippen molar-refractivity contribution < 1.29 is 19.1 Å². The van der Waals surface area contributed by atoms with E-state index < -0.39 is 0 Å². The SMILES string of the molecule is COCCN1C(=O)CO[C@H]2CCN(CC(N)=O)CC[C@@H]21. The molecule has 0 saturated carbocycles. The maximum Gasteiger partial charge on any atom is 0.249 e. The van der Waals surface area contributed by atoms with Crippen LogP contribution in [0.1, 0.15) is 12.8 Å². The molecule has 0 aromatic heterocycles. The molecule has 7 nitrogen and oxygen atoms in total. The number of amides is 2. The van der Waals surface area contributed by atoms with Gasteiger partial charge in [-0.3, -0.25) is 14.5 Å². The van der Waals surface area contributed by atoms with E-state index in [4.69, 9.17) is 15.2 Å². The number of hydrogen-bond acceptors (Lipinski definition) is 5. The van der Waals surface area contributed by atoms with Gasteiger partial charge in [0.05, 0.1) is 25.3 Å². The summed E-state index contributed by atoms with van der Waals surface area (Å²) in [6.45, 7) is 3.06. The van der Waals surface area contributed by atoms with Gasteiger partial charge in [0.15, 0.2) is 0 Å². The summed E-state index contributed by atoms with van der Waals surface area (Å²) in [6, 6.07) is 0.0734.